The van der Waals surface area contributed by atoms with Crippen LogP contribution in [0.1, 0.15) is 24.4 Å². The Labute approximate surface area is 94.8 Å². The van der Waals surface area contributed by atoms with E-state index in [1.807, 2.05) is 30.3 Å². The molecule has 1 aromatic rings. The normalized spacial score (nSPS) is 19.2. The summed E-state index contributed by atoms with van der Waals surface area (Å²) in [5, 5.41) is 14.4. The molecular formula is C12H16N2O2. The van der Waals surface area contributed by atoms with Gasteiger partial charge in [-0.15, -0.1) is 0 Å². The molecule has 2 rings (SSSR count). The van der Waals surface area contributed by atoms with Gasteiger partial charge in [-0.05, 0) is 25.9 Å². The van der Waals surface area contributed by atoms with Crippen molar-refractivity contribution in [3.63, 3.8) is 0 Å². The Bertz CT molecular complexity index is 347. The van der Waals surface area contributed by atoms with E-state index in [1.54, 1.807) is 0 Å². The molecule has 1 aromatic carbocycles. The molecule has 0 saturated carbocycles. The van der Waals surface area contributed by atoms with Crippen LogP contribution >= 0.6 is 0 Å². The highest BCUT2D eigenvalue weighted by Crippen LogP contribution is 2.31. The molecule has 16 heavy (non-hydrogen) atoms. The molecule has 1 fully saturated rings. The van der Waals surface area contributed by atoms with Gasteiger partial charge in [0.15, 0.2) is 0 Å². The molecule has 86 valence electrons. The molecule has 1 unspecified atom stereocenters. The first-order valence-electron chi connectivity index (χ1n) is 5.68. The van der Waals surface area contributed by atoms with Gasteiger partial charge in [0.25, 0.3) is 0 Å². The highest BCUT2D eigenvalue weighted by molar-refractivity contribution is 5.18. The van der Waals surface area contributed by atoms with Gasteiger partial charge in [0.2, 0.25) is 6.04 Å². The summed E-state index contributed by atoms with van der Waals surface area (Å²) in [4.78, 5) is 11.1. The van der Waals surface area contributed by atoms with Crippen LogP contribution in [-0.2, 0) is 0 Å². The van der Waals surface area contributed by atoms with Crippen LogP contribution in [0, 0.1) is 16.0 Å². The van der Waals surface area contributed by atoms with Crippen molar-refractivity contribution >= 4 is 0 Å². The second kappa shape index (κ2) is 5.07. The lowest BCUT2D eigenvalue weighted by molar-refractivity contribution is -0.540. The van der Waals surface area contributed by atoms with Crippen LogP contribution in [0.5, 0.6) is 0 Å². The molecule has 0 radical (unpaired) electrons. The van der Waals surface area contributed by atoms with Gasteiger partial charge in [0.05, 0.1) is 0 Å². The predicted molar refractivity (Wildman–Crippen MR) is 61.8 cm³/mol. The molecule has 1 N–H and O–H groups in total. The maximum atomic E-state index is 11.2. The molecule has 1 saturated heterocycles. The molecule has 4 nitrogen and oxygen atoms in total. The molecule has 0 amide bonds. The lowest BCUT2D eigenvalue weighted by Gasteiger charge is -2.25. The fourth-order valence-corrected chi connectivity index (χ4v) is 2.38. The van der Waals surface area contributed by atoms with Crippen LogP contribution in [0.4, 0.5) is 0 Å². The topological polar surface area (TPSA) is 55.2 Å². The second-order valence-electron chi connectivity index (χ2n) is 4.23. The van der Waals surface area contributed by atoms with E-state index in [0.29, 0.717) is 0 Å². The zero-order chi connectivity index (χ0) is 11.4. The van der Waals surface area contributed by atoms with Gasteiger partial charge >= 0.3 is 0 Å². The summed E-state index contributed by atoms with van der Waals surface area (Å²) in [5.41, 5.74) is 0.833. The molecule has 0 spiro atoms. The van der Waals surface area contributed by atoms with Crippen molar-refractivity contribution in [2.75, 3.05) is 13.1 Å². The Morgan fingerprint density at radius 3 is 2.44 bits per heavy atom. The van der Waals surface area contributed by atoms with E-state index >= 15 is 0 Å². The fraction of sp³-hybridized carbons (Fsp3) is 0.500. The predicted octanol–water partition coefficient (Wildman–Crippen LogP) is 2.00. The van der Waals surface area contributed by atoms with Gasteiger partial charge in [-0.1, -0.05) is 30.3 Å². The summed E-state index contributed by atoms with van der Waals surface area (Å²) in [7, 11) is 0. The standard InChI is InChI=1S/C12H16N2O2/c15-14(16)12(10-4-2-1-3-5-10)11-6-8-13-9-7-11/h1-5,11-13H,6-9H2. The van der Waals surface area contributed by atoms with E-state index in [9.17, 15) is 10.1 Å². The largest absolute Gasteiger partial charge is 0.317 e. The van der Waals surface area contributed by atoms with Gasteiger partial charge in [-0.2, -0.15) is 0 Å². The average molecular weight is 220 g/mol. The van der Waals surface area contributed by atoms with Crippen molar-refractivity contribution in [2.45, 2.75) is 18.9 Å². The van der Waals surface area contributed by atoms with Crippen LogP contribution in [0.3, 0.4) is 0 Å². The molecule has 1 aliphatic heterocycles. The van der Waals surface area contributed by atoms with Gasteiger partial charge in [0, 0.05) is 16.4 Å². The summed E-state index contributed by atoms with van der Waals surface area (Å²) in [6, 6.07) is 8.80. The van der Waals surface area contributed by atoms with Crippen LogP contribution in [-0.4, -0.2) is 18.0 Å². The number of rotatable bonds is 3. The number of hydrogen-bond acceptors (Lipinski definition) is 3. The highest BCUT2D eigenvalue weighted by atomic mass is 16.6. The Morgan fingerprint density at radius 2 is 1.88 bits per heavy atom. The molecule has 0 bridgehead atoms. The smallest absolute Gasteiger partial charge is 0.240 e. The zero-order valence-corrected chi connectivity index (χ0v) is 9.13. The van der Waals surface area contributed by atoms with Gasteiger partial charge in [-0.3, -0.25) is 10.1 Å². The monoisotopic (exact) mass is 220 g/mol. The molecule has 0 aliphatic carbocycles. The Morgan fingerprint density at radius 1 is 1.25 bits per heavy atom. The van der Waals surface area contributed by atoms with E-state index in [-0.39, 0.29) is 10.8 Å². The number of nitrogens with one attached hydrogen (secondary N) is 1. The minimum atomic E-state index is -0.539. The summed E-state index contributed by atoms with van der Waals surface area (Å²) in [6.07, 6.45) is 1.78. The second-order valence-corrected chi connectivity index (χ2v) is 4.23. The van der Waals surface area contributed by atoms with Crippen LogP contribution in [0.25, 0.3) is 0 Å². The van der Waals surface area contributed by atoms with E-state index in [2.05, 4.69) is 5.32 Å². The highest BCUT2D eigenvalue weighted by Gasteiger charge is 2.33. The molecule has 4 heteroatoms. The zero-order valence-electron chi connectivity index (χ0n) is 9.13. The van der Waals surface area contributed by atoms with Crippen LogP contribution < -0.4 is 5.32 Å². The molecule has 0 aromatic heterocycles. The Hall–Kier alpha value is -1.42. The molecular weight excluding hydrogens is 204 g/mol. The number of piperidine rings is 1. The van der Waals surface area contributed by atoms with E-state index < -0.39 is 6.04 Å². The van der Waals surface area contributed by atoms with E-state index in [4.69, 9.17) is 0 Å². The quantitative estimate of drug-likeness (QED) is 0.626. The lowest BCUT2D eigenvalue weighted by Crippen LogP contribution is -2.33. The first kappa shape index (κ1) is 11.1. The third-order valence-corrected chi connectivity index (χ3v) is 3.20. The third-order valence-electron chi connectivity index (χ3n) is 3.20. The van der Waals surface area contributed by atoms with Crippen molar-refractivity contribution in [3.8, 4) is 0 Å². The van der Waals surface area contributed by atoms with Crippen LogP contribution in [0.2, 0.25) is 0 Å². The fourth-order valence-electron chi connectivity index (χ4n) is 2.38. The Kier molecular flexibility index (Phi) is 3.51. The number of nitrogens with zero attached hydrogens (tertiary/aromatic N) is 1. The number of benzene rings is 1. The summed E-state index contributed by atoms with van der Waals surface area (Å²) in [6.45, 7) is 1.78. The van der Waals surface area contributed by atoms with Crippen molar-refractivity contribution in [3.05, 3.63) is 46.0 Å². The maximum Gasteiger partial charge on any atom is 0.240 e. The van der Waals surface area contributed by atoms with E-state index in [1.165, 1.54) is 0 Å². The van der Waals surface area contributed by atoms with E-state index in [0.717, 1.165) is 31.5 Å². The minimum Gasteiger partial charge on any atom is -0.317 e. The van der Waals surface area contributed by atoms with Gasteiger partial charge < -0.3 is 5.32 Å². The molecule has 1 aliphatic rings. The minimum absolute atomic E-state index is 0.134. The van der Waals surface area contributed by atoms with Gasteiger partial charge in [0.1, 0.15) is 0 Å². The number of hydrogen-bond donors (Lipinski definition) is 1. The summed E-state index contributed by atoms with van der Waals surface area (Å²) < 4.78 is 0. The summed E-state index contributed by atoms with van der Waals surface area (Å²) in [5.74, 6) is 0.165. The Balaban J connectivity index is 2.20. The number of nitro groups is 1. The SMILES string of the molecule is O=[N+]([O-])C(c1ccccc1)C1CCNCC1. The van der Waals surface area contributed by atoms with Crippen molar-refractivity contribution in [1.82, 2.24) is 5.32 Å². The summed E-state index contributed by atoms with van der Waals surface area (Å²) >= 11 is 0. The maximum absolute atomic E-state index is 11.2. The van der Waals surface area contributed by atoms with Crippen LogP contribution in [0.15, 0.2) is 30.3 Å². The van der Waals surface area contributed by atoms with Crippen molar-refractivity contribution in [2.24, 2.45) is 5.92 Å². The molecule has 1 atom stereocenters. The van der Waals surface area contributed by atoms with Crippen molar-refractivity contribution in [1.29, 1.82) is 0 Å². The van der Waals surface area contributed by atoms with Crippen molar-refractivity contribution < 1.29 is 4.92 Å². The molecule has 1 heterocycles. The van der Waals surface area contributed by atoms with Gasteiger partial charge in [-0.25, -0.2) is 0 Å². The first-order valence-corrected chi connectivity index (χ1v) is 5.68. The third kappa shape index (κ3) is 2.39. The average Bonchev–Trinajstić information content (AvgIpc) is 2.31. The lowest BCUT2D eigenvalue weighted by atomic mass is 9.86. The first-order chi connectivity index (χ1) is 7.79.